The molecule has 106 valence electrons. The van der Waals surface area contributed by atoms with Crippen molar-refractivity contribution in [2.75, 3.05) is 11.9 Å². The highest BCUT2D eigenvalue weighted by Gasteiger charge is 2.12. The first kappa shape index (κ1) is 14.4. The van der Waals surface area contributed by atoms with Gasteiger partial charge in [0, 0.05) is 17.6 Å². The summed E-state index contributed by atoms with van der Waals surface area (Å²) in [6.07, 6.45) is 1.06. The van der Waals surface area contributed by atoms with E-state index in [0.717, 1.165) is 29.4 Å². The van der Waals surface area contributed by atoms with Crippen LogP contribution in [0.15, 0.2) is 36.4 Å². The lowest BCUT2D eigenvalue weighted by Gasteiger charge is -2.19. The van der Waals surface area contributed by atoms with Gasteiger partial charge in [-0.15, -0.1) is 0 Å². The van der Waals surface area contributed by atoms with E-state index < -0.39 is 5.97 Å². The van der Waals surface area contributed by atoms with Gasteiger partial charge in [0.2, 0.25) is 0 Å². The third-order valence-corrected chi connectivity index (χ3v) is 3.34. The molecule has 0 saturated carbocycles. The average Bonchev–Trinajstić information content (AvgIpc) is 2.37. The highest BCUT2D eigenvalue weighted by molar-refractivity contribution is 6.07. The Bertz CT molecular complexity index is 626. The van der Waals surface area contributed by atoms with Crippen molar-refractivity contribution in [2.45, 2.75) is 27.2 Å². The van der Waals surface area contributed by atoms with Gasteiger partial charge in [-0.05, 0) is 29.4 Å². The summed E-state index contributed by atoms with van der Waals surface area (Å²) >= 11 is 0. The van der Waals surface area contributed by atoms with E-state index in [1.165, 1.54) is 0 Å². The molecule has 0 unspecified atom stereocenters. The largest absolute Gasteiger partial charge is 0.478 e. The van der Waals surface area contributed by atoms with Crippen molar-refractivity contribution in [3.8, 4) is 0 Å². The van der Waals surface area contributed by atoms with Gasteiger partial charge >= 0.3 is 5.97 Å². The summed E-state index contributed by atoms with van der Waals surface area (Å²) in [5, 5.41) is 14.4. The topological polar surface area (TPSA) is 49.3 Å². The molecule has 0 amide bonds. The number of benzene rings is 2. The lowest BCUT2D eigenvalue weighted by Crippen LogP contribution is -2.13. The number of carboxylic acids is 1. The summed E-state index contributed by atoms with van der Waals surface area (Å²) in [4.78, 5) is 11.3. The first-order valence-electron chi connectivity index (χ1n) is 6.87. The van der Waals surface area contributed by atoms with Crippen molar-refractivity contribution in [1.82, 2.24) is 0 Å². The zero-order chi connectivity index (χ0) is 14.8. The van der Waals surface area contributed by atoms with Gasteiger partial charge in [0.15, 0.2) is 0 Å². The number of carbonyl (C=O) groups is 1. The highest BCUT2D eigenvalue weighted by atomic mass is 16.4. The Labute approximate surface area is 119 Å². The normalized spacial score (nSPS) is 11.6. The second-order valence-electron chi connectivity index (χ2n) is 6.25. The van der Waals surface area contributed by atoms with Crippen LogP contribution in [-0.2, 0) is 0 Å². The summed E-state index contributed by atoms with van der Waals surface area (Å²) < 4.78 is 0. The summed E-state index contributed by atoms with van der Waals surface area (Å²) in [5.74, 6) is -0.887. The lowest BCUT2D eigenvalue weighted by atomic mass is 9.92. The minimum atomic E-state index is -0.887. The number of fused-ring (bicyclic) bond motifs is 1. The van der Waals surface area contributed by atoms with Crippen LogP contribution in [-0.4, -0.2) is 17.6 Å². The summed E-state index contributed by atoms with van der Waals surface area (Å²) in [6, 6.07) is 11.1. The second-order valence-corrected chi connectivity index (χ2v) is 6.25. The molecule has 3 heteroatoms. The summed E-state index contributed by atoms with van der Waals surface area (Å²) in [7, 11) is 0. The minimum absolute atomic E-state index is 0.282. The SMILES string of the molecule is CC(C)(C)CCNc1ccc(C(=O)O)c2ccccc12. The monoisotopic (exact) mass is 271 g/mol. The van der Waals surface area contributed by atoms with E-state index in [4.69, 9.17) is 0 Å². The lowest BCUT2D eigenvalue weighted by molar-refractivity contribution is 0.0699. The average molecular weight is 271 g/mol. The smallest absolute Gasteiger partial charge is 0.336 e. The van der Waals surface area contributed by atoms with E-state index in [2.05, 4.69) is 26.1 Å². The van der Waals surface area contributed by atoms with Gasteiger partial charge < -0.3 is 10.4 Å². The number of hydrogen-bond donors (Lipinski definition) is 2. The molecule has 3 nitrogen and oxygen atoms in total. The molecule has 0 fully saturated rings. The Morgan fingerprint density at radius 1 is 1.10 bits per heavy atom. The highest BCUT2D eigenvalue weighted by Crippen LogP contribution is 2.27. The van der Waals surface area contributed by atoms with Crippen LogP contribution in [0.25, 0.3) is 10.8 Å². The van der Waals surface area contributed by atoms with Crippen LogP contribution in [0.1, 0.15) is 37.6 Å². The molecule has 0 aliphatic carbocycles. The van der Waals surface area contributed by atoms with Crippen LogP contribution >= 0.6 is 0 Å². The van der Waals surface area contributed by atoms with Crippen molar-refractivity contribution in [3.05, 3.63) is 42.0 Å². The van der Waals surface area contributed by atoms with E-state index in [-0.39, 0.29) is 5.41 Å². The third-order valence-electron chi connectivity index (χ3n) is 3.34. The molecule has 2 N–H and O–H groups in total. The van der Waals surface area contributed by atoms with E-state index in [1.807, 2.05) is 30.3 Å². The van der Waals surface area contributed by atoms with Crippen LogP contribution in [0.3, 0.4) is 0 Å². The van der Waals surface area contributed by atoms with E-state index in [0.29, 0.717) is 5.56 Å². The standard InChI is InChI=1S/C17H21NO2/c1-17(2,3)10-11-18-15-9-8-14(16(19)20)12-6-4-5-7-13(12)15/h4-9,18H,10-11H2,1-3H3,(H,19,20). The molecule has 0 aliphatic heterocycles. The number of anilines is 1. The number of nitrogens with one attached hydrogen (secondary N) is 1. The van der Waals surface area contributed by atoms with Crippen LogP contribution < -0.4 is 5.32 Å². The van der Waals surface area contributed by atoms with E-state index in [9.17, 15) is 9.90 Å². The zero-order valence-electron chi connectivity index (χ0n) is 12.2. The Morgan fingerprint density at radius 3 is 2.35 bits per heavy atom. The van der Waals surface area contributed by atoms with Crippen molar-refractivity contribution < 1.29 is 9.90 Å². The number of aromatic carboxylic acids is 1. The molecule has 0 bridgehead atoms. The molecule has 2 aromatic rings. The Kier molecular flexibility index (Phi) is 3.98. The summed E-state index contributed by atoms with van der Waals surface area (Å²) in [6.45, 7) is 7.50. The maximum atomic E-state index is 11.3. The fourth-order valence-corrected chi connectivity index (χ4v) is 2.21. The van der Waals surface area contributed by atoms with Gasteiger partial charge in [-0.25, -0.2) is 4.79 Å². The Balaban J connectivity index is 2.31. The Hall–Kier alpha value is -2.03. The molecule has 0 atom stereocenters. The molecule has 0 aromatic heterocycles. The fourth-order valence-electron chi connectivity index (χ4n) is 2.21. The molecular weight excluding hydrogens is 250 g/mol. The quantitative estimate of drug-likeness (QED) is 0.867. The van der Waals surface area contributed by atoms with Gasteiger partial charge in [-0.3, -0.25) is 0 Å². The zero-order valence-corrected chi connectivity index (χ0v) is 12.2. The molecule has 2 aromatic carbocycles. The van der Waals surface area contributed by atoms with Crippen LogP contribution in [0.2, 0.25) is 0 Å². The molecule has 0 saturated heterocycles. The predicted molar refractivity (Wildman–Crippen MR) is 83.5 cm³/mol. The Morgan fingerprint density at radius 2 is 1.75 bits per heavy atom. The molecule has 0 spiro atoms. The first-order valence-corrected chi connectivity index (χ1v) is 6.87. The molecule has 0 heterocycles. The van der Waals surface area contributed by atoms with Crippen LogP contribution in [0, 0.1) is 5.41 Å². The number of hydrogen-bond acceptors (Lipinski definition) is 2. The number of rotatable bonds is 4. The molecule has 20 heavy (non-hydrogen) atoms. The van der Waals surface area contributed by atoms with Crippen LogP contribution in [0.5, 0.6) is 0 Å². The molecule has 0 aliphatic rings. The first-order chi connectivity index (χ1) is 9.38. The van der Waals surface area contributed by atoms with E-state index in [1.54, 1.807) is 6.07 Å². The molecule has 0 radical (unpaired) electrons. The van der Waals surface area contributed by atoms with Gasteiger partial charge in [0.05, 0.1) is 5.56 Å². The van der Waals surface area contributed by atoms with Crippen molar-refractivity contribution in [2.24, 2.45) is 5.41 Å². The molecular formula is C17H21NO2. The van der Waals surface area contributed by atoms with Crippen molar-refractivity contribution in [3.63, 3.8) is 0 Å². The number of carboxylic acid groups (broad SMARTS) is 1. The fraction of sp³-hybridized carbons (Fsp3) is 0.353. The third kappa shape index (κ3) is 3.29. The second kappa shape index (κ2) is 5.53. The maximum Gasteiger partial charge on any atom is 0.336 e. The van der Waals surface area contributed by atoms with Gasteiger partial charge in [0.1, 0.15) is 0 Å². The molecule has 2 rings (SSSR count). The van der Waals surface area contributed by atoms with Gasteiger partial charge in [-0.1, -0.05) is 45.0 Å². The minimum Gasteiger partial charge on any atom is -0.478 e. The van der Waals surface area contributed by atoms with Gasteiger partial charge in [0.25, 0.3) is 0 Å². The van der Waals surface area contributed by atoms with E-state index >= 15 is 0 Å². The van der Waals surface area contributed by atoms with Crippen molar-refractivity contribution in [1.29, 1.82) is 0 Å². The summed E-state index contributed by atoms with van der Waals surface area (Å²) in [5.41, 5.74) is 1.63. The van der Waals surface area contributed by atoms with Crippen molar-refractivity contribution >= 4 is 22.4 Å². The van der Waals surface area contributed by atoms with Crippen LogP contribution in [0.4, 0.5) is 5.69 Å². The maximum absolute atomic E-state index is 11.3. The van der Waals surface area contributed by atoms with Gasteiger partial charge in [-0.2, -0.15) is 0 Å². The predicted octanol–water partition coefficient (Wildman–Crippen LogP) is 4.39.